The molecule has 0 aliphatic heterocycles. The molecule has 0 bridgehead atoms. The zero-order valence-electron chi connectivity index (χ0n) is 8.67. The number of hydrogen-bond acceptors (Lipinski definition) is 6. The van der Waals surface area contributed by atoms with Crippen molar-refractivity contribution in [2.75, 3.05) is 12.4 Å². The van der Waals surface area contributed by atoms with Crippen LogP contribution >= 0.6 is 23.1 Å². The van der Waals surface area contributed by atoms with Crippen LogP contribution in [0.3, 0.4) is 0 Å². The monoisotopic (exact) mass is 254 g/mol. The fraction of sp³-hybridized carbons (Fsp3) is 0.300. The molecule has 2 heterocycles. The molecule has 0 fully saturated rings. The zero-order chi connectivity index (χ0) is 11.4. The fourth-order valence-electron chi connectivity index (χ4n) is 1.14. The van der Waals surface area contributed by atoms with Gasteiger partial charge in [0.2, 0.25) is 0 Å². The molecule has 0 aliphatic carbocycles. The normalized spacial score (nSPS) is 10.6. The quantitative estimate of drug-likeness (QED) is 0.619. The van der Waals surface area contributed by atoms with Gasteiger partial charge in [-0.25, -0.2) is 4.98 Å². The highest BCUT2D eigenvalue weighted by atomic mass is 32.2. The number of hydrogen-bond donors (Lipinski definition) is 0. The molecule has 0 radical (unpaired) electrons. The average Bonchev–Trinajstić information content (AvgIpc) is 2.69. The van der Waals surface area contributed by atoms with Gasteiger partial charge in [0.1, 0.15) is 0 Å². The third-order valence-corrected chi connectivity index (χ3v) is 3.91. The highest BCUT2D eigenvalue weighted by molar-refractivity contribution is 8.01. The average molecular weight is 254 g/mol. The van der Waals surface area contributed by atoms with Gasteiger partial charge in [0.05, 0.1) is 22.6 Å². The lowest BCUT2D eigenvalue weighted by molar-refractivity contribution is -0.139. The molecule has 0 saturated carbocycles. The van der Waals surface area contributed by atoms with E-state index in [9.17, 15) is 4.79 Å². The fourth-order valence-corrected chi connectivity index (χ4v) is 2.98. The Balaban J connectivity index is 2.02. The summed E-state index contributed by atoms with van der Waals surface area (Å²) in [5.41, 5.74) is 0.923. The molecule has 0 unspecified atom stereocenters. The Morgan fingerprint density at radius 1 is 1.62 bits per heavy atom. The number of carbonyl (C=O) groups is 1. The van der Waals surface area contributed by atoms with E-state index in [0.29, 0.717) is 12.4 Å². The third kappa shape index (κ3) is 2.70. The second kappa shape index (κ2) is 5.27. The van der Waals surface area contributed by atoms with Gasteiger partial charge in [0, 0.05) is 12.4 Å². The Morgan fingerprint density at radius 3 is 3.25 bits per heavy atom. The largest absolute Gasteiger partial charge is 0.465 e. The summed E-state index contributed by atoms with van der Waals surface area (Å²) in [6, 6.07) is 1.86. The van der Waals surface area contributed by atoms with E-state index in [0.717, 1.165) is 14.6 Å². The first kappa shape index (κ1) is 11.3. The van der Waals surface area contributed by atoms with Crippen LogP contribution in [-0.4, -0.2) is 28.3 Å². The van der Waals surface area contributed by atoms with Crippen molar-refractivity contribution in [1.82, 2.24) is 9.97 Å². The standard InChI is InChI=1S/C10H10N2O2S2/c1-2-14-9(13)6-15-10-12-7-3-4-11-5-8(7)16-10/h3-5H,2,6H2,1H3. The van der Waals surface area contributed by atoms with Gasteiger partial charge in [-0.1, -0.05) is 11.8 Å². The Hall–Kier alpha value is -1.14. The van der Waals surface area contributed by atoms with Crippen molar-refractivity contribution in [3.05, 3.63) is 18.5 Å². The predicted octanol–water partition coefficient (Wildman–Crippen LogP) is 2.35. The van der Waals surface area contributed by atoms with Crippen LogP contribution < -0.4 is 0 Å². The second-order valence-electron chi connectivity index (χ2n) is 2.92. The van der Waals surface area contributed by atoms with Crippen LogP contribution in [0.15, 0.2) is 22.8 Å². The van der Waals surface area contributed by atoms with Crippen molar-refractivity contribution >= 4 is 39.3 Å². The summed E-state index contributed by atoms with van der Waals surface area (Å²) in [4.78, 5) is 19.6. The summed E-state index contributed by atoms with van der Waals surface area (Å²) >= 11 is 2.94. The van der Waals surface area contributed by atoms with Crippen LogP contribution in [0.1, 0.15) is 6.92 Å². The number of thiazole rings is 1. The van der Waals surface area contributed by atoms with E-state index in [4.69, 9.17) is 4.74 Å². The lowest BCUT2D eigenvalue weighted by Crippen LogP contribution is -2.06. The van der Waals surface area contributed by atoms with E-state index < -0.39 is 0 Å². The highest BCUT2D eigenvalue weighted by Crippen LogP contribution is 2.28. The maximum atomic E-state index is 11.2. The lowest BCUT2D eigenvalue weighted by atomic mass is 10.5. The number of esters is 1. The first-order chi connectivity index (χ1) is 7.79. The van der Waals surface area contributed by atoms with Crippen LogP contribution in [-0.2, 0) is 9.53 Å². The summed E-state index contributed by atoms with van der Waals surface area (Å²) in [5.74, 6) is 0.103. The lowest BCUT2D eigenvalue weighted by Gasteiger charge is -1.98. The van der Waals surface area contributed by atoms with Crippen molar-refractivity contribution < 1.29 is 9.53 Å². The maximum absolute atomic E-state index is 11.2. The Morgan fingerprint density at radius 2 is 2.50 bits per heavy atom. The smallest absolute Gasteiger partial charge is 0.316 e. The highest BCUT2D eigenvalue weighted by Gasteiger charge is 2.07. The summed E-state index contributed by atoms with van der Waals surface area (Å²) in [7, 11) is 0. The topological polar surface area (TPSA) is 52.1 Å². The predicted molar refractivity (Wildman–Crippen MR) is 64.8 cm³/mol. The zero-order valence-corrected chi connectivity index (χ0v) is 10.3. The molecule has 6 heteroatoms. The van der Waals surface area contributed by atoms with Crippen molar-refractivity contribution in [2.45, 2.75) is 11.3 Å². The van der Waals surface area contributed by atoms with Crippen molar-refractivity contribution in [2.24, 2.45) is 0 Å². The first-order valence-electron chi connectivity index (χ1n) is 4.78. The maximum Gasteiger partial charge on any atom is 0.316 e. The number of ether oxygens (including phenoxy) is 1. The number of nitrogens with zero attached hydrogens (tertiary/aromatic N) is 2. The van der Waals surface area contributed by atoms with Gasteiger partial charge < -0.3 is 4.74 Å². The molecule has 0 amide bonds. The van der Waals surface area contributed by atoms with Crippen molar-refractivity contribution in [1.29, 1.82) is 0 Å². The van der Waals surface area contributed by atoms with E-state index >= 15 is 0 Å². The number of rotatable bonds is 4. The molecule has 4 nitrogen and oxygen atoms in total. The number of aromatic nitrogens is 2. The van der Waals surface area contributed by atoms with Crippen LogP contribution in [0.2, 0.25) is 0 Å². The molecule has 0 atom stereocenters. The van der Waals surface area contributed by atoms with E-state index in [-0.39, 0.29) is 5.97 Å². The number of carbonyl (C=O) groups excluding carboxylic acids is 1. The van der Waals surface area contributed by atoms with E-state index in [1.165, 1.54) is 23.1 Å². The first-order valence-corrected chi connectivity index (χ1v) is 6.59. The van der Waals surface area contributed by atoms with E-state index in [1.807, 2.05) is 6.07 Å². The molecule has 0 saturated heterocycles. The Bertz CT molecular complexity index is 465. The van der Waals surface area contributed by atoms with Gasteiger partial charge in [0.25, 0.3) is 0 Å². The minimum Gasteiger partial charge on any atom is -0.465 e. The van der Waals surface area contributed by atoms with Crippen LogP contribution in [0.5, 0.6) is 0 Å². The van der Waals surface area contributed by atoms with Gasteiger partial charge >= 0.3 is 5.97 Å². The Labute approximate surface area is 101 Å². The van der Waals surface area contributed by atoms with Gasteiger partial charge in [-0.2, -0.15) is 0 Å². The third-order valence-electron chi connectivity index (χ3n) is 1.79. The van der Waals surface area contributed by atoms with Gasteiger partial charge in [-0.3, -0.25) is 9.78 Å². The molecule has 2 aromatic heterocycles. The summed E-state index contributed by atoms with van der Waals surface area (Å²) in [6.07, 6.45) is 3.49. The molecule has 0 spiro atoms. The van der Waals surface area contributed by atoms with Crippen LogP contribution in [0.25, 0.3) is 10.2 Å². The molecule has 84 valence electrons. The van der Waals surface area contributed by atoms with E-state index in [1.54, 1.807) is 19.3 Å². The minimum atomic E-state index is -0.204. The summed E-state index contributed by atoms with van der Waals surface area (Å²) in [5, 5.41) is 0. The van der Waals surface area contributed by atoms with Gasteiger partial charge in [0.15, 0.2) is 4.34 Å². The molecule has 16 heavy (non-hydrogen) atoms. The van der Waals surface area contributed by atoms with Crippen LogP contribution in [0.4, 0.5) is 0 Å². The van der Waals surface area contributed by atoms with Crippen LogP contribution in [0, 0.1) is 0 Å². The van der Waals surface area contributed by atoms with Gasteiger partial charge in [-0.15, -0.1) is 11.3 Å². The molecule has 2 aromatic rings. The SMILES string of the molecule is CCOC(=O)CSc1nc2ccncc2s1. The number of pyridine rings is 1. The molecular weight excluding hydrogens is 244 g/mol. The molecule has 0 aromatic carbocycles. The number of fused-ring (bicyclic) bond motifs is 1. The summed E-state index contributed by atoms with van der Waals surface area (Å²) < 4.78 is 6.75. The minimum absolute atomic E-state index is 0.204. The Kier molecular flexibility index (Phi) is 3.74. The number of thioether (sulfide) groups is 1. The summed E-state index contributed by atoms with van der Waals surface area (Å²) in [6.45, 7) is 2.22. The molecular formula is C10H10N2O2S2. The van der Waals surface area contributed by atoms with Crippen molar-refractivity contribution in [3.8, 4) is 0 Å². The van der Waals surface area contributed by atoms with E-state index in [2.05, 4.69) is 9.97 Å². The molecule has 2 rings (SSSR count). The second-order valence-corrected chi connectivity index (χ2v) is 5.17. The van der Waals surface area contributed by atoms with Crippen molar-refractivity contribution in [3.63, 3.8) is 0 Å². The molecule has 0 aliphatic rings. The molecule has 0 N–H and O–H groups in total. The van der Waals surface area contributed by atoms with Gasteiger partial charge in [-0.05, 0) is 13.0 Å².